The SMILES string of the molecule is Cc1ccc(CN2C(CO)CN(C)CC2(C)C)cc1. The van der Waals surface area contributed by atoms with Crippen LogP contribution in [0.1, 0.15) is 25.0 Å². The van der Waals surface area contributed by atoms with Crippen molar-refractivity contribution in [1.29, 1.82) is 0 Å². The lowest BCUT2D eigenvalue weighted by atomic mass is 9.94. The second-order valence-corrected chi connectivity index (χ2v) is 6.46. The molecule has 106 valence electrons. The quantitative estimate of drug-likeness (QED) is 0.901. The fraction of sp³-hybridized carbons (Fsp3) is 0.625. The standard InChI is InChI=1S/C16H26N2O/c1-13-5-7-14(8-6-13)9-18-15(11-19)10-17(4)12-16(18,2)3/h5-8,15,19H,9-12H2,1-4H3. The predicted molar refractivity (Wildman–Crippen MR) is 79.2 cm³/mol. The van der Waals surface area contributed by atoms with E-state index < -0.39 is 0 Å². The zero-order valence-electron chi connectivity index (χ0n) is 12.6. The largest absolute Gasteiger partial charge is 0.395 e. The zero-order valence-corrected chi connectivity index (χ0v) is 12.6. The van der Waals surface area contributed by atoms with Crippen LogP contribution in [0.2, 0.25) is 0 Å². The molecule has 1 aliphatic heterocycles. The van der Waals surface area contributed by atoms with Gasteiger partial charge in [-0.05, 0) is 33.4 Å². The molecule has 1 saturated heterocycles. The van der Waals surface area contributed by atoms with Crippen LogP contribution in [-0.2, 0) is 6.54 Å². The van der Waals surface area contributed by atoms with Crippen LogP contribution >= 0.6 is 0 Å². The first-order chi connectivity index (χ1) is 8.92. The molecule has 1 fully saturated rings. The highest BCUT2D eigenvalue weighted by Crippen LogP contribution is 2.26. The summed E-state index contributed by atoms with van der Waals surface area (Å²) in [5.41, 5.74) is 2.70. The minimum Gasteiger partial charge on any atom is -0.395 e. The van der Waals surface area contributed by atoms with E-state index in [9.17, 15) is 5.11 Å². The first-order valence-electron chi connectivity index (χ1n) is 7.04. The lowest BCUT2D eigenvalue weighted by Crippen LogP contribution is -2.63. The molecule has 1 unspecified atom stereocenters. The maximum atomic E-state index is 9.67. The van der Waals surface area contributed by atoms with Crippen LogP contribution < -0.4 is 0 Å². The molecule has 1 N–H and O–H groups in total. The maximum absolute atomic E-state index is 9.67. The fourth-order valence-corrected chi connectivity index (χ4v) is 3.16. The van der Waals surface area contributed by atoms with Crippen molar-refractivity contribution in [2.75, 3.05) is 26.7 Å². The van der Waals surface area contributed by atoms with Crippen LogP contribution in [0.3, 0.4) is 0 Å². The highest BCUT2D eigenvalue weighted by molar-refractivity contribution is 5.21. The summed E-state index contributed by atoms with van der Waals surface area (Å²) in [5.74, 6) is 0. The number of aliphatic hydroxyl groups excluding tert-OH is 1. The Bertz CT molecular complexity index is 413. The summed E-state index contributed by atoms with van der Waals surface area (Å²) in [5, 5.41) is 9.67. The van der Waals surface area contributed by atoms with Crippen molar-refractivity contribution in [3.63, 3.8) is 0 Å². The van der Waals surface area contributed by atoms with E-state index >= 15 is 0 Å². The molecule has 0 aromatic heterocycles. The van der Waals surface area contributed by atoms with Gasteiger partial charge in [0.1, 0.15) is 0 Å². The van der Waals surface area contributed by atoms with Gasteiger partial charge >= 0.3 is 0 Å². The summed E-state index contributed by atoms with van der Waals surface area (Å²) in [6.45, 7) is 9.74. The van der Waals surface area contributed by atoms with E-state index in [0.29, 0.717) is 0 Å². The lowest BCUT2D eigenvalue weighted by Gasteiger charge is -2.50. The average molecular weight is 262 g/mol. The van der Waals surface area contributed by atoms with Gasteiger partial charge in [0.05, 0.1) is 6.61 Å². The van der Waals surface area contributed by atoms with Crippen molar-refractivity contribution in [3.05, 3.63) is 35.4 Å². The Morgan fingerprint density at radius 1 is 1.26 bits per heavy atom. The van der Waals surface area contributed by atoms with Crippen LogP contribution in [0, 0.1) is 6.92 Å². The zero-order chi connectivity index (χ0) is 14.0. The van der Waals surface area contributed by atoms with Crippen molar-refractivity contribution in [2.45, 2.75) is 38.9 Å². The van der Waals surface area contributed by atoms with Gasteiger partial charge in [-0.2, -0.15) is 0 Å². The van der Waals surface area contributed by atoms with E-state index in [-0.39, 0.29) is 18.2 Å². The minimum absolute atomic E-state index is 0.0886. The average Bonchev–Trinajstić information content (AvgIpc) is 2.34. The van der Waals surface area contributed by atoms with Crippen molar-refractivity contribution in [3.8, 4) is 0 Å². The van der Waals surface area contributed by atoms with Gasteiger partial charge in [0.2, 0.25) is 0 Å². The molecule has 0 bridgehead atoms. The molecule has 0 radical (unpaired) electrons. The number of hydrogen-bond acceptors (Lipinski definition) is 3. The van der Waals surface area contributed by atoms with E-state index in [4.69, 9.17) is 0 Å². The summed E-state index contributed by atoms with van der Waals surface area (Å²) < 4.78 is 0. The fourth-order valence-electron chi connectivity index (χ4n) is 3.16. The Morgan fingerprint density at radius 2 is 1.89 bits per heavy atom. The topological polar surface area (TPSA) is 26.7 Å². The number of piperazine rings is 1. The number of rotatable bonds is 3. The molecule has 3 heteroatoms. The second kappa shape index (κ2) is 5.61. The lowest BCUT2D eigenvalue weighted by molar-refractivity contribution is -0.0418. The van der Waals surface area contributed by atoms with Gasteiger partial charge in [-0.15, -0.1) is 0 Å². The van der Waals surface area contributed by atoms with Crippen molar-refractivity contribution >= 4 is 0 Å². The Hall–Kier alpha value is -0.900. The molecule has 0 saturated carbocycles. The van der Waals surface area contributed by atoms with Gasteiger partial charge in [0.25, 0.3) is 0 Å². The number of hydrogen-bond donors (Lipinski definition) is 1. The first-order valence-corrected chi connectivity index (χ1v) is 7.04. The summed E-state index contributed by atoms with van der Waals surface area (Å²) in [6.07, 6.45) is 0. The van der Waals surface area contributed by atoms with Gasteiger partial charge in [-0.25, -0.2) is 0 Å². The molecule has 1 heterocycles. The molecule has 0 amide bonds. The number of aryl methyl sites for hydroxylation is 1. The van der Waals surface area contributed by atoms with Crippen LogP contribution in [0.25, 0.3) is 0 Å². The number of aliphatic hydroxyl groups is 1. The van der Waals surface area contributed by atoms with Crippen LogP contribution in [0.4, 0.5) is 0 Å². The normalized spacial score (nSPS) is 24.6. The minimum atomic E-state index is 0.0886. The number of nitrogens with zero attached hydrogens (tertiary/aromatic N) is 2. The molecule has 19 heavy (non-hydrogen) atoms. The molecule has 2 rings (SSSR count). The maximum Gasteiger partial charge on any atom is 0.0599 e. The molecule has 0 spiro atoms. The predicted octanol–water partition coefficient (Wildman–Crippen LogP) is 1.88. The third kappa shape index (κ3) is 3.35. The third-order valence-electron chi connectivity index (χ3n) is 4.08. The van der Waals surface area contributed by atoms with E-state index in [1.165, 1.54) is 11.1 Å². The third-order valence-corrected chi connectivity index (χ3v) is 4.08. The molecule has 1 aromatic rings. The van der Waals surface area contributed by atoms with Gasteiger partial charge in [0, 0.05) is 31.2 Å². The Balaban J connectivity index is 2.17. The summed E-state index contributed by atoms with van der Waals surface area (Å²) in [7, 11) is 2.13. The van der Waals surface area contributed by atoms with Gasteiger partial charge in [-0.1, -0.05) is 29.8 Å². The van der Waals surface area contributed by atoms with Gasteiger partial charge in [0.15, 0.2) is 0 Å². The first kappa shape index (κ1) is 14.5. The van der Waals surface area contributed by atoms with E-state index in [1.54, 1.807) is 0 Å². The second-order valence-electron chi connectivity index (χ2n) is 6.46. The van der Waals surface area contributed by atoms with Crippen LogP contribution in [0.15, 0.2) is 24.3 Å². The van der Waals surface area contributed by atoms with E-state index in [0.717, 1.165) is 19.6 Å². The molecule has 1 aliphatic rings. The Kier molecular flexibility index (Phi) is 4.29. The van der Waals surface area contributed by atoms with E-state index in [1.807, 2.05) is 0 Å². The summed E-state index contributed by atoms with van der Waals surface area (Å²) >= 11 is 0. The van der Waals surface area contributed by atoms with Crippen molar-refractivity contribution in [1.82, 2.24) is 9.80 Å². The monoisotopic (exact) mass is 262 g/mol. The molecular formula is C16H26N2O. The molecular weight excluding hydrogens is 236 g/mol. The Labute approximate surface area is 116 Å². The van der Waals surface area contributed by atoms with Gasteiger partial charge in [-0.3, -0.25) is 4.90 Å². The van der Waals surface area contributed by atoms with Gasteiger partial charge < -0.3 is 10.0 Å². The highest BCUT2D eigenvalue weighted by atomic mass is 16.3. The number of likely N-dealkylation sites (N-methyl/N-ethyl adjacent to an activating group) is 1. The smallest absolute Gasteiger partial charge is 0.0599 e. The molecule has 3 nitrogen and oxygen atoms in total. The molecule has 1 atom stereocenters. The summed E-state index contributed by atoms with van der Waals surface area (Å²) in [4.78, 5) is 4.75. The molecule has 0 aliphatic carbocycles. The number of benzene rings is 1. The van der Waals surface area contributed by atoms with Crippen LogP contribution in [-0.4, -0.2) is 53.2 Å². The summed E-state index contributed by atoms with van der Waals surface area (Å²) in [6, 6.07) is 8.92. The Morgan fingerprint density at radius 3 is 2.47 bits per heavy atom. The van der Waals surface area contributed by atoms with Crippen molar-refractivity contribution in [2.24, 2.45) is 0 Å². The highest BCUT2D eigenvalue weighted by Gasteiger charge is 2.38. The van der Waals surface area contributed by atoms with E-state index in [2.05, 4.69) is 61.9 Å². The molecule has 1 aromatic carbocycles. The van der Waals surface area contributed by atoms with Crippen molar-refractivity contribution < 1.29 is 5.11 Å². The van der Waals surface area contributed by atoms with Crippen LogP contribution in [0.5, 0.6) is 0 Å².